The third-order valence-electron chi connectivity index (χ3n) is 2.63. The summed E-state index contributed by atoms with van der Waals surface area (Å²) in [6.07, 6.45) is 0. The number of carbonyl (C=O) groups excluding carboxylic acids is 1. The summed E-state index contributed by atoms with van der Waals surface area (Å²) in [5, 5.41) is 10.9. The zero-order valence-corrected chi connectivity index (χ0v) is 12.3. The molecule has 3 N–H and O–H groups in total. The Bertz CT molecular complexity index is 597. The number of rotatable bonds is 4. The Hall–Kier alpha value is -1.60. The second kappa shape index (κ2) is 6.03. The first kappa shape index (κ1) is 13.8. The average molecular weight is 294 g/mol. The zero-order chi connectivity index (χ0) is 13.8. The number of aromatic nitrogens is 2. The van der Waals surface area contributed by atoms with E-state index < -0.39 is 0 Å². The third kappa shape index (κ3) is 3.68. The minimum Gasteiger partial charge on any atom is -0.374 e. The quantitative estimate of drug-likeness (QED) is 0.847. The van der Waals surface area contributed by atoms with Crippen molar-refractivity contribution >= 4 is 39.8 Å². The molecule has 0 aliphatic carbocycles. The molecule has 0 aliphatic heterocycles. The van der Waals surface area contributed by atoms with Gasteiger partial charge in [0.25, 0.3) is 0 Å². The molecule has 1 heterocycles. The Morgan fingerprint density at radius 1 is 1.42 bits per heavy atom. The second-order valence-corrected chi connectivity index (χ2v) is 6.22. The molecule has 0 spiro atoms. The minimum absolute atomic E-state index is 0.0625. The number of nitrogens with zero attached hydrogens (tertiary/aromatic N) is 2. The van der Waals surface area contributed by atoms with Crippen molar-refractivity contribution in [3.8, 4) is 0 Å². The van der Waals surface area contributed by atoms with Gasteiger partial charge >= 0.3 is 0 Å². The maximum atomic E-state index is 11.8. The second-order valence-electron chi connectivity index (χ2n) is 3.99. The van der Waals surface area contributed by atoms with Crippen LogP contribution in [0.5, 0.6) is 0 Å². The fourth-order valence-electron chi connectivity index (χ4n) is 1.48. The largest absolute Gasteiger partial charge is 0.374 e. The van der Waals surface area contributed by atoms with Gasteiger partial charge in [-0.3, -0.25) is 4.79 Å². The van der Waals surface area contributed by atoms with Crippen molar-refractivity contribution in [1.29, 1.82) is 0 Å². The summed E-state index contributed by atoms with van der Waals surface area (Å²) in [6, 6.07) is 5.84. The van der Waals surface area contributed by atoms with Crippen molar-refractivity contribution in [3.05, 3.63) is 29.3 Å². The molecule has 0 saturated heterocycles. The summed E-state index contributed by atoms with van der Waals surface area (Å²) in [6.45, 7) is 4.01. The van der Waals surface area contributed by atoms with Gasteiger partial charge in [-0.2, -0.15) is 0 Å². The number of benzene rings is 1. The van der Waals surface area contributed by atoms with Gasteiger partial charge in [0.05, 0.1) is 5.75 Å². The number of nitrogen functional groups attached to an aromatic ring is 1. The number of nitrogens with two attached hydrogens (primary N) is 1. The lowest BCUT2D eigenvalue weighted by Crippen LogP contribution is -2.15. The molecule has 1 aromatic carbocycles. The van der Waals surface area contributed by atoms with Gasteiger partial charge in [-0.25, -0.2) is 0 Å². The van der Waals surface area contributed by atoms with E-state index in [0.29, 0.717) is 15.2 Å². The number of carbonyl (C=O) groups is 1. The van der Waals surface area contributed by atoms with Crippen LogP contribution in [0.3, 0.4) is 0 Å². The summed E-state index contributed by atoms with van der Waals surface area (Å²) >= 11 is 2.61. The smallest absolute Gasteiger partial charge is 0.234 e. The number of hydrogen-bond donors (Lipinski definition) is 2. The predicted molar refractivity (Wildman–Crippen MR) is 79.6 cm³/mol. The summed E-state index contributed by atoms with van der Waals surface area (Å²) in [5.74, 6) is 0.231. The predicted octanol–water partition coefficient (Wildman–Crippen LogP) is 2.47. The van der Waals surface area contributed by atoms with Crippen molar-refractivity contribution < 1.29 is 4.79 Å². The van der Waals surface area contributed by atoms with Gasteiger partial charge in [0.15, 0.2) is 4.34 Å². The van der Waals surface area contributed by atoms with Gasteiger partial charge in [-0.1, -0.05) is 35.2 Å². The summed E-state index contributed by atoms with van der Waals surface area (Å²) in [5.41, 5.74) is 8.56. The Morgan fingerprint density at radius 3 is 2.89 bits per heavy atom. The molecule has 0 unspecified atom stereocenters. The first-order valence-corrected chi connectivity index (χ1v) is 7.44. The number of amides is 1. The number of thioether (sulfide) groups is 1. The molecule has 0 saturated carbocycles. The molecular formula is C12H14N4OS2. The summed E-state index contributed by atoms with van der Waals surface area (Å²) in [7, 11) is 0. The maximum absolute atomic E-state index is 11.8. The van der Waals surface area contributed by atoms with Crippen LogP contribution in [-0.4, -0.2) is 21.9 Å². The molecule has 100 valence electrons. The number of nitrogens with one attached hydrogen (secondary N) is 1. The topological polar surface area (TPSA) is 80.9 Å². The Kier molecular flexibility index (Phi) is 4.39. The van der Waals surface area contributed by atoms with Crippen LogP contribution in [0.1, 0.15) is 11.1 Å². The highest BCUT2D eigenvalue weighted by Gasteiger charge is 2.08. The van der Waals surface area contributed by atoms with E-state index in [9.17, 15) is 4.79 Å². The van der Waals surface area contributed by atoms with E-state index in [1.807, 2.05) is 32.0 Å². The van der Waals surface area contributed by atoms with Gasteiger partial charge in [0.1, 0.15) is 0 Å². The van der Waals surface area contributed by atoms with Crippen molar-refractivity contribution in [2.75, 3.05) is 16.8 Å². The highest BCUT2D eigenvalue weighted by molar-refractivity contribution is 8.01. The SMILES string of the molecule is Cc1cccc(NC(=O)CSc2nnc(N)s2)c1C. The summed E-state index contributed by atoms with van der Waals surface area (Å²) in [4.78, 5) is 11.8. The maximum Gasteiger partial charge on any atom is 0.234 e. The van der Waals surface area contributed by atoms with E-state index in [-0.39, 0.29) is 5.91 Å². The lowest BCUT2D eigenvalue weighted by molar-refractivity contribution is -0.113. The van der Waals surface area contributed by atoms with Crippen molar-refractivity contribution in [3.63, 3.8) is 0 Å². The van der Waals surface area contributed by atoms with Crippen molar-refractivity contribution in [2.24, 2.45) is 0 Å². The van der Waals surface area contributed by atoms with E-state index in [1.165, 1.54) is 23.1 Å². The summed E-state index contributed by atoms with van der Waals surface area (Å²) < 4.78 is 0.702. The molecule has 0 radical (unpaired) electrons. The van der Waals surface area contributed by atoms with Gasteiger partial charge in [0.2, 0.25) is 11.0 Å². The molecule has 1 aromatic heterocycles. The van der Waals surface area contributed by atoms with Gasteiger partial charge in [-0.05, 0) is 31.0 Å². The van der Waals surface area contributed by atoms with Gasteiger partial charge < -0.3 is 11.1 Å². The molecule has 0 atom stereocenters. The van der Waals surface area contributed by atoms with Crippen molar-refractivity contribution in [2.45, 2.75) is 18.2 Å². The Labute approximate surface area is 119 Å². The van der Waals surface area contributed by atoms with Crippen LogP contribution in [0, 0.1) is 13.8 Å². The first-order chi connectivity index (χ1) is 9.06. The van der Waals surface area contributed by atoms with Crippen LogP contribution in [0.2, 0.25) is 0 Å². The highest BCUT2D eigenvalue weighted by Crippen LogP contribution is 2.24. The lowest BCUT2D eigenvalue weighted by atomic mass is 10.1. The molecular weight excluding hydrogens is 280 g/mol. The number of aryl methyl sites for hydroxylation is 1. The molecule has 0 bridgehead atoms. The van der Waals surface area contributed by atoms with Crippen LogP contribution in [0.25, 0.3) is 0 Å². The number of anilines is 2. The number of hydrogen-bond acceptors (Lipinski definition) is 6. The molecule has 2 aromatic rings. The molecule has 2 rings (SSSR count). The van der Waals surface area contributed by atoms with Crippen LogP contribution < -0.4 is 11.1 Å². The monoisotopic (exact) mass is 294 g/mol. The fraction of sp³-hybridized carbons (Fsp3) is 0.250. The standard InChI is InChI=1S/C12H14N4OS2/c1-7-4-3-5-9(8(7)2)14-10(17)6-18-12-16-15-11(13)19-12/h3-5H,6H2,1-2H3,(H2,13,15)(H,14,17). The Morgan fingerprint density at radius 2 is 2.21 bits per heavy atom. The molecule has 5 nitrogen and oxygen atoms in total. The normalized spacial score (nSPS) is 10.4. The molecule has 7 heteroatoms. The van der Waals surface area contributed by atoms with Crippen LogP contribution >= 0.6 is 23.1 Å². The minimum atomic E-state index is -0.0625. The molecule has 19 heavy (non-hydrogen) atoms. The van der Waals surface area contributed by atoms with E-state index >= 15 is 0 Å². The Balaban J connectivity index is 1.92. The van der Waals surface area contributed by atoms with Crippen LogP contribution in [0.15, 0.2) is 22.5 Å². The molecule has 0 fully saturated rings. The van der Waals surface area contributed by atoms with E-state index in [2.05, 4.69) is 15.5 Å². The first-order valence-electron chi connectivity index (χ1n) is 5.64. The van der Waals surface area contributed by atoms with Crippen LogP contribution in [-0.2, 0) is 4.79 Å². The average Bonchev–Trinajstić information content (AvgIpc) is 2.78. The van der Waals surface area contributed by atoms with Crippen molar-refractivity contribution in [1.82, 2.24) is 10.2 Å². The molecule has 1 amide bonds. The molecule has 0 aliphatic rings. The van der Waals surface area contributed by atoms with E-state index in [0.717, 1.165) is 16.8 Å². The van der Waals surface area contributed by atoms with Gasteiger partial charge in [0, 0.05) is 5.69 Å². The lowest BCUT2D eigenvalue weighted by Gasteiger charge is -2.09. The van der Waals surface area contributed by atoms with E-state index in [1.54, 1.807) is 0 Å². The zero-order valence-electron chi connectivity index (χ0n) is 10.6. The van der Waals surface area contributed by atoms with E-state index in [4.69, 9.17) is 5.73 Å². The van der Waals surface area contributed by atoms with Crippen LogP contribution in [0.4, 0.5) is 10.8 Å². The third-order valence-corrected chi connectivity index (χ3v) is 4.51. The fourth-order valence-corrected chi connectivity index (χ4v) is 2.91. The highest BCUT2D eigenvalue weighted by atomic mass is 32.2. The van der Waals surface area contributed by atoms with Gasteiger partial charge in [-0.15, -0.1) is 10.2 Å².